The Morgan fingerprint density at radius 3 is 2.48 bits per heavy atom. The van der Waals surface area contributed by atoms with Gasteiger partial charge in [0, 0.05) is 16.5 Å². The van der Waals surface area contributed by atoms with Crippen molar-refractivity contribution in [3.63, 3.8) is 0 Å². The van der Waals surface area contributed by atoms with Gasteiger partial charge in [-0.2, -0.15) is 0 Å². The lowest BCUT2D eigenvalue weighted by Gasteiger charge is -2.13. The van der Waals surface area contributed by atoms with Crippen LogP contribution in [0.3, 0.4) is 0 Å². The molecule has 0 aliphatic rings. The molecule has 2 aromatic carbocycles. The molecule has 2 heterocycles. The van der Waals surface area contributed by atoms with Gasteiger partial charge in [-0.3, -0.25) is 9.36 Å². The molecule has 0 fully saturated rings. The molecule has 4 rings (SSSR count). The van der Waals surface area contributed by atoms with E-state index >= 15 is 0 Å². The monoisotopic (exact) mass is 462 g/mol. The zero-order valence-electron chi connectivity index (χ0n) is 19.1. The van der Waals surface area contributed by atoms with Gasteiger partial charge in [-0.15, -0.1) is 11.3 Å². The average molecular weight is 463 g/mol. The molecule has 0 spiro atoms. The number of nitrogens with one attached hydrogen (secondary N) is 1. The first-order chi connectivity index (χ1) is 16.0. The summed E-state index contributed by atoms with van der Waals surface area (Å²) < 4.78 is 13.1. The number of carbonyl (C=O) groups excluding carboxylic acids is 1. The Morgan fingerprint density at radius 1 is 1.03 bits per heavy atom. The number of imidazole rings is 1. The lowest BCUT2D eigenvalue weighted by Crippen LogP contribution is -2.15. The SMILES string of the molecule is CCOc1ccc(C(=O)Nc2cnc(C)n2-c2nc(-c3ccc(C)cc3)cs2)cc1OCC. The van der Waals surface area contributed by atoms with Crippen LogP contribution in [0.4, 0.5) is 5.82 Å². The zero-order chi connectivity index (χ0) is 23.4. The first-order valence-electron chi connectivity index (χ1n) is 10.8. The molecule has 0 aliphatic carbocycles. The van der Waals surface area contributed by atoms with Gasteiger partial charge >= 0.3 is 0 Å². The van der Waals surface area contributed by atoms with Crippen molar-refractivity contribution in [1.29, 1.82) is 0 Å². The van der Waals surface area contributed by atoms with Crippen LogP contribution in [-0.4, -0.2) is 33.7 Å². The van der Waals surface area contributed by atoms with Crippen molar-refractivity contribution in [3.8, 4) is 27.9 Å². The van der Waals surface area contributed by atoms with Crippen molar-refractivity contribution in [1.82, 2.24) is 14.5 Å². The van der Waals surface area contributed by atoms with Gasteiger partial charge in [-0.05, 0) is 45.9 Å². The maximum atomic E-state index is 13.0. The molecule has 170 valence electrons. The minimum atomic E-state index is -0.268. The predicted molar refractivity (Wildman–Crippen MR) is 131 cm³/mol. The van der Waals surface area contributed by atoms with Crippen LogP contribution in [0.15, 0.2) is 54.0 Å². The minimum absolute atomic E-state index is 0.268. The number of hydrogen-bond donors (Lipinski definition) is 1. The zero-order valence-corrected chi connectivity index (χ0v) is 19.9. The van der Waals surface area contributed by atoms with E-state index in [1.807, 2.05) is 30.7 Å². The van der Waals surface area contributed by atoms with E-state index in [-0.39, 0.29) is 5.91 Å². The largest absolute Gasteiger partial charge is 0.490 e. The Morgan fingerprint density at radius 2 is 1.76 bits per heavy atom. The fraction of sp³-hybridized carbons (Fsp3) is 0.240. The smallest absolute Gasteiger partial charge is 0.256 e. The molecule has 0 aliphatic heterocycles. The Bertz CT molecular complexity index is 1260. The number of thiazole rings is 1. The summed E-state index contributed by atoms with van der Waals surface area (Å²) >= 11 is 1.50. The van der Waals surface area contributed by atoms with Crippen LogP contribution in [0, 0.1) is 13.8 Å². The Balaban J connectivity index is 1.59. The van der Waals surface area contributed by atoms with Crippen molar-refractivity contribution in [2.24, 2.45) is 0 Å². The molecule has 33 heavy (non-hydrogen) atoms. The number of anilines is 1. The van der Waals surface area contributed by atoms with Gasteiger partial charge in [-0.25, -0.2) is 9.97 Å². The molecule has 8 heteroatoms. The van der Waals surface area contributed by atoms with Gasteiger partial charge in [0.15, 0.2) is 16.6 Å². The molecule has 1 N–H and O–H groups in total. The van der Waals surface area contributed by atoms with Gasteiger partial charge in [0.05, 0.1) is 25.1 Å². The lowest BCUT2D eigenvalue weighted by atomic mass is 10.1. The third-order valence-corrected chi connectivity index (χ3v) is 5.84. The second kappa shape index (κ2) is 9.87. The number of aryl methyl sites for hydroxylation is 2. The summed E-state index contributed by atoms with van der Waals surface area (Å²) in [5, 5.41) is 5.69. The third-order valence-electron chi connectivity index (χ3n) is 5.02. The first kappa shape index (κ1) is 22.5. The topological polar surface area (TPSA) is 78.3 Å². The maximum Gasteiger partial charge on any atom is 0.256 e. The van der Waals surface area contributed by atoms with Crippen LogP contribution >= 0.6 is 11.3 Å². The van der Waals surface area contributed by atoms with Crippen LogP contribution in [0.1, 0.15) is 35.6 Å². The number of rotatable bonds is 8. The van der Waals surface area contributed by atoms with E-state index in [0.29, 0.717) is 36.1 Å². The number of nitrogens with zero attached hydrogens (tertiary/aromatic N) is 3. The Kier molecular flexibility index (Phi) is 6.74. The van der Waals surface area contributed by atoms with E-state index in [4.69, 9.17) is 14.5 Å². The maximum absolute atomic E-state index is 13.0. The van der Waals surface area contributed by atoms with Crippen LogP contribution in [0.25, 0.3) is 16.4 Å². The molecule has 0 bridgehead atoms. The summed E-state index contributed by atoms with van der Waals surface area (Å²) in [5.41, 5.74) is 3.59. The number of aromatic nitrogens is 3. The number of benzene rings is 2. The van der Waals surface area contributed by atoms with E-state index < -0.39 is 0 Å². The predicted octanol–water partition coefficient (Wildman–Crippen LogP) is 5.66. The third kappa shape index (κ3) is 4.90. The fourth-order valence-electron chi connectivity index (χ4n) is 3.38. The standard InChI is InChI=1S/C25H26N4O3S/c1-5-31-21-12-11-19(13-22(21)32-6-2)24(30)28-23-14-26-17(4)29(23)25-27-20(15-33-25)18-9-7-16(3)8-10-18/h7-15H,5-6H2,1-4H3,(H,28,30). The summed E-state index contributed by atoms with van der Waals surface area (Å²) in [4.78, 5) is 22.2. The second-order valence-corrected chi connectivity index (χ2v) is 8.23. The van der Waals surface area contributed by atoms with Crippen LogP contribution in [0.2, 0.25) is 0 Å². The van der Waals surface area contributed by atoms with E-state index in [2.05, 4.69) is 41.5 Å². The molecule has 0 atom stereocenters. The molecule has 0 radical (unpaired) electrons. The highest BCUT2D eigenvalue weighted by Gasteiger charge is 2.17. The number of amides is 1. The quantitative estimate of drug-likeness (QED) is 0.365. The molecule has 4 aromatic rings. The van der Waals surface area contributed by atoms with Gasteiger partial charge in [0.1, 0.15) is 11.6 Å². The van der Waals surface area contributed by atoms with Crippen molar-refractivity contribution < 1.29 is 14.3 Å². The molecule has 0 saturated carbocycles. The average Bonchev–Trinajstić information content (AvgIpc) is 3.42. The van der Waals surface area contributed by atoms with Crippen LogP contribution in [-0.2, 0) is 0 Å². The van der Waals surface area contributed by atoms with Gasteiger partial charge < -0.3 is 14.8 Å². The second-order valence-electron chi connectivity index (χ2n) is 7.39. The molecular weight excluding hydrogens is 436 g/mol. The van der Waals surface area contributed by atoms with Gasteiger partial charge in [-0.1, -0.05) is 29.8 Å². The van der Waals surface area contributed by atoms with Crippen LogP contribution in [0.5, 0.6) is 11.5 Å². The summed E-state index contributed by atoms with van der Waals surface area (Å²) in [6.07, 6.45) is 1.64. The normalized spacial score (nSPS) is 10.8. The highest BCUT2D eigenvalue weighted by molar-refractivity contribution is 7.12. The van der Waals surface area contributed by atoms with Crippen molar-refractivity contribution in [2.45, 2.75) is 27.7 Å². The number of ether oxygens (including phenoxy) is 2. The fourth-order valence-corrected chi connectivity index (χ4v) is 4.27. The van der Waals surface area contributed by atoms with E-state index in [9.17, 15) is 4.79 Å². The molecular formula is C25H26N4O3S. The van der Waals surface area contributed by atoms with E-state index in [1.165, 1.54) is 16.9 Å². The number of carbonyl (C=O) groups is 1. The molecule has 0 unspecified atom stereocenters. The summed E-state index contributed by atoms with van der Waals surface area (Å²) in [7, 11) is 0. The Hall–Kier alpha value is -3.65. The summed E-state index contributed by atoms with van der Waals surface area (Å²) in [5.74, 6) is 2.17. The molecule has 2 aromatic heterocycles. The van der Waals surface area contributed by atoms with E-state index in [0.717, 1.165) is 22.2 Å². The highest BCUT2D eigenvalue weighted by Crippen LogP contribution is 2.30. The first-order valence-corrected chi connectivity index (χ1v) is 11.7. The summed E-state index contributed by atoms with van der Waals surface area (Å²) in [6.45, 7) is 8.73. The Labute approximate surface area is 197 Å². The van der Waals surface area contributed by atoms with Crippen molar-refractivity contribution in [3.05, 3.63) is 71.0 Å². The lowest BCUT2D eigenvalue weighted by molar-refractivity contribution is 0.102. The van der Waals surface area contributed by atoms with Gasteiger partial charge in [0.25, 0.3) is 5.91 Å². The minimum Gasteiger partial charge on any atom is -0.490 e. The molecule has 1 amide bonds. The summed E-state index contributed by atoms with van der Waals surface area (Å²) in [6, 6.07) is 13.4. The molecule has 0 saturated heterocycles. The van der Waals surface area contributed by atoms with Crippen molar-refractivity contribution in [2.75, 3.05) is 18.5 Å². The van der Waals surface area contributed by atoms with Gasteiger partial charge in [0.2, 0.25) is 0 Å². The number of hydrogen-bond acceptors (Lipinski definition) is 6. The molecule has 7 nitrogen and oxygen atoms in total. The van der Waals surface area contributed by atoms with Crippen LogP contribution < -0.4 is 14.8 Å². The highest BCUT2D eigenvalue weighted by atomic mass is 32.1. The van der Waals surface area contributed by atoms with Crippen molar-refractivity contribution >= 4 is 23.1 Å². The van der Waals surface area contributed by atoms with E-state index in [1.54, 1.807) is 24.4 Å².